The van der Waals surface area contributed by atoms with Crippen LogP contribution in [0.25, 0.3) is 0 Å². The van der Waals surface area contributed by atoms with Gasteiger partial charge < -0.3 is 9.47 Å². The van der Waals surface area contributed by atoms with Crippen LogP contribution in [-0.2, 0) is 4.74 Å². The lowest BCUT2D eigenvalue weighted by molar-refractivity contribution is 0.0526. The van der Waals surface area contributed by atoms with E-state index in [4.69, 9.17) is 9.47 Å². The van der Waals surface area contributed by atoms with Gasteiger partial charge in [0.25, 0.3) is 0 Å². The third-order valence-corrected chi connectivity index (χ3v) is 2.83. The predicted molar refractivity (Wildman–Crippen MR) is 78.7 cm³/mol. The molecule has 0 atom stereocenters. The summed E-state index contributed by atoms with van der Waals surface area (Å²) in [5, 5.41) is 0. The molecule has 0 radical (unpaired) electrons. The van der Waals surface area contributed by atoms with Crippen molar-refractivity contribution >= 4 is 11.8 Å². The molecule has 2 rings (SSSR count). The smallest absolute Gasteiger partial charge is 0.338 e. The summed E-state index contributed by atoms with van der Waals surface area (Å²) in [4.78, 5) is 23.5. The van der Waals surface area contributed by atoms with E-state index in [0.717, 1.165) is 0 Å². The first kappa shape index (κ1) is 14.8. The molecule has 108 valence electrons. The molecule has 0 aliphatic rings. The Morgan fingerprint density at radius 3 is 2.14 bits per heavy atom. The van der Waals surface area contributed by atoms with Crippen LogP contribution in [0, 0.1) is 0 Å². The second-order valence-corrected chi connectivity index (χ2v) is 4.32. The number of hydrogen-bond acceptors (Lipinski definition) is 4. The maximum Gasteiger partial charge on any atom is 0.338 e. The van der Waals surface area contributed by atoms with Gasteiger partial charge in [0.15, 0.2) is 12.4 Å². The number of para-hydroxylation sites is 1. The Morgan fingerprint density at radius 1 is 0.905 bits per heavy atom. The van der Waals surface area contributed by atoms with Gasteiger partial charge in [0, 0.05) is 5.56 Å². The van der Waals surface area contributed by atoms with Gasteiger partial charge in [0.2, 0.25) is 0 Å². The van der Waals surface area contributed by atoms with Crippen molar-refractivity contribution in [3.63, 3.8) is 0 Å². The number of ether oxygens (including phenoxy) is 2. The van der Waals surface area contributed by atoms with Gasteiger partial charge in [-0.15, -0.1) is 0 Å². The van der Waals surface area contributed by atoms with E-state index >= 15 is 0 Å². The van der Waals surface area contributed by atoms with Crippen LogP contribution in [0.4, 0.5) is 0 Å². The summed E-state index contributed by atoms with van der Waals surface area (Å²) < 4.78 is 10.3. The minimum atomic E-state index is -0.392. The zero-order chi connectivity index (χ0) is 15.1. The number of hydrogen-bond donors (Lipinski definition) is 0. The Bertz CT molecular complexity index is 602. The number of ketones is 1. The maximum atomic E-state index is 12.0. The van der Waals surface area contributed by atoms with Gasteiger partial charge in [-0.1, -0.05) is 30.3 Å². The van der Waals surface area contributed by atoms with Crippen LogP contribution in [0.2, 0.25) is 0 Å². The molecule has 4 heteroatoms. The molecule has 4 nitrogen and oxygen atoms in total. The van der Waals surface area contributed by atoms with Gasteiger partial charge in [-0.05, 0) is 31.2 Å². The number of rotatable bonds is 6. The quantitative estimate of drug-likeness (QED) is 0.604. The Hall–Kier alpha value is -2.62. The van der Waals surface area contributed by atoms with Crippen LogP contribution >= 0.6 is 0 Å². The Labute approximate surface area is 123 Å². The second kappa shape index (κ2) is 7.24. The van der Waals surface area contributed by atoms with Crippen molar-refractivity contribution in [3.8, 4) is 5.75 Å². The van der Waals surface area contributed by atoms with Crippen LogP contribution in [0.15, 0.2) is 54.6 Å². The van der Waals surface area contributed by atoms with Gasteiger partial charge >= 0.3 is 5.97 Å². The zero-order valence-electron chi connectivity index (χ0n) is 11.7. The molecule has 0 N–H and O–H groups in total. The Morgan fingerprint density at radius 2 is 1.52 bits per heavy atom. The van der Waals surface area contributed by atoms with Crippen molar-refractivity contribution in [2.75, 3.05) is 13.2 Å². The van der Waals surface area contributed by atoms with Crippen molar-refractivity contribution in [1.29, 1.82) is 0 Å². The van der Waals surface area contributed by atoms with Crippen molar-refractivity contribution in [2.45, 2.75) is 6.92 Å². The highest BCUT2D eigenvalue weighted by molar-refractivity contribution is 5.98. The fraction of sp³-hybridized carbons (Fsp3) is 0.176. The molecule has 0 amide bonds. The number of carbonyl (C=O) groups is 2. The molecule has 2 aromatic carbocycles. The molecular formula is C17H16O4. The maximum absolute atomic E-state index is 12.0. The van der Waals surface area contributed by atoms with Gasteiger partial charge in [0.05, 0.1) is 12.2 Å². The standard InChI is InChI=1S/C17H16O4/c1-2-20-17(19)14-10-8-13(9-11-14)16(18)12-21-15-6-4-3-5-7-15/h3-11H,2,12H2,1H3. The number of Topliss-reactive ketones (excluding diaryl/α,β-unsaturated/α-hetero) is 1. The zero-order valence-corrected chi connectivity index (χ0v) is 11.7. The summed E-state index contributed by atoms with van der Waals surface area (Å²) in [5.41, 5.74) is 0.927. The summed E-state index contributed by atoms with van der Waals surface area (Å²) in [5.74, 6) is 0.111. The van der Waals surface area contributed by atoms with E-state index in [1.165, 1.54) is 0 Å². The summed E-state index contributed by atoms with van der Waals surface area (Å²) in [6, 6.07) is 15.5. The van der Waals surface area contributed by atoms with Crippen LogP contribution < -0.4 is 4.74 Å². The second-order valence-electron chi connectivity index (χ2n) is 4.32. The first-order chi connectivity index (χ1) is 10.2. The molecule has 21 heavy (non-hydrogen) atoms. The molecule has 0 spiro atoms. The highest BCUT2D eigenvalue weighted by Crippen LogP contribution is 2.11. The van der Waals surface area contributed by atoms with Gasteiger partial charge in [-0.25, -0.2) is 4.79 Å². The molecule has 0 bridgehead atoms. The normalized spacial score (nSPS) is 9.95. The molecule has 0 fully saturated rings. The van der Waals surface area contributed by atoms with Crippen LogP contribution in [-0.4, -0.2) is 25.0 Å². The van der Waals surface area contributed by atoms with E-state index in [2.05, 4.69) is 0 Å². The summed E-state index contributed by atoms with van der Waals surface area (Å²) in [6.07, 6.45) is 0. The summed E-state index contributed by atoms with van der Waals surface area (Å²) in [6.45, 7) is 2.03. The number of esters is 1. The number of benzene rings is 2. The van der Waals surface area contributed by atoms with Crippen LogP contribution in [0.5, 0.6) is 5.75 Å². The van der Waals surface area contributed by atoms with Gasteiger partial charge in [-0.2, -0.15) is 0 Å². The fourth-order valence-corrected chi connectivity index (χ4v) is 1.76. The van der Waals surface area contributed by atoms with E-state index in [0.29, 0.717) is 23.5 Å². The van der Waals surface area contributed by atoms with Crippen LogP contribution in [0.1, 0.15) is 27.6 Å². The third-order valence-electron chi connectivity index (χ3n) is 2.83. The first-order valence-electron chi connectivity index (χ1n) is 6.69. The van der Waals surface area contributed by atoms with E-state index < -0.39 is 5.97 Å². The molecule has 0 aliphatic heterocycles. The topological polar surface area (TPSA) is 52.6 Å². The van der Waals surface area contributed by atoms with Crippen molar-refractivity contribution < 1.29 is 19.1 Å². The van der Waals surface area contributed by atoms with E-state index in [-0.39, 0.29) is 12.4 Å². The first-order valence-corrected chi connectivity index (χ1v) is 6.69. The minimum absolute atomic E-state index is 0.0389. The minimum Gasteiger partial charge on any atom is -0.485 e. The Balaban J connectivity index is 1.95. The fourth-order valence-electron chi connectivity index (χ4n) is 1.76. The van der Waals surface area contributed by atoms with Crippen molar-refractivity contribution in [3.05, 3.63) is 65.7 Å². The molecule has 0 aromatic heterocycles. The van der Waals surface area contributed by atoms with Crippen molar-refractivity contribution in [1.82, 2.24) is 0 Å². The molecule has 0 aliphatic carbocycles. The number of carbonyl (C=O) groups excluding carboxylic acids is 2. The third kappa shape index (κ3) is 4.18. The van der Waals surface area contributed by atoms with Crippen molar-refractivity contribution in [2.24, 2.45) is 0 Å². The highest BCUT2D eigenvalue weighted by Gasteiger charge is 2.10. The lowest BCUT2D eigenvalue weighted by atomic mass is 10.1. The summed E-state index contributed by atoms with van der Waals surface area (Å²) in [7, 11) is 0. The molecule has 2 aromatic rings. The van der Waals surface area contributed by atoms with Gasteiger partial charge in [-0.3, -0.25) is 4.79 Å². The van der Waals surface area contributed by atoms with E-state index in [1.807, 2.05) is 18.2 Å². The lowest BCUT2D eigenvalue weighted by Gasteiger charge is -2.06. The molecule has 0 heterocycles. The molecule has 0 unspecified atom stereocenters. The SMILES string of the molecule is CCOC(=O)c1ccc(C(=O)COc2ccccc2)cc1. The van der Waals surface area contributed by atoms with E-state index in [9.17, 15) is 9.59 Å². The molecular weight excluding hydrogens is 268 g/mol. The average Bonchev–Trinajstić information content (AvgIpc) is 2.54. The monoisotopic (exact) mass is 284 g/mol. The van der Waals surface area contributed by atoms with E-state index in [1.54, 1.807) is 43.3 Å². The predicted octanol–water partition coefficient (Wildman–Crippen LogP) is 3.13. The largest absolute Gasteiger partial charge is 0.485 e. The van der Waals surface area contributed by atoms with Gasteiger partial charge in [0.1, 0.15) is 5.75 Å². The summed E-state index contributed by atoms with van der Waals surface area (Å²) >= 11 is 0. The molecule has 0 saturated carbocycles. The highest BCUT2D eigenvalue weighted by atomic mass is 16.5. The Kier molecular flexibility index (Phi) is 5.10. The molecule has 0 saturated heterocycles. The lowest BCUT2D eigenvalue weighted by Crippen LogP contribution is -2.12. The average molecular weight is 284 g/mol. The van der Waals surface area contributed by atoms with Crippen LogP contribution in [0.3, 0.4) is 0 Å².